The van der Waals surface area contributed by atoms with Gasteiger partial charge in [-0.15, -0.1) is 0 Å². The van der Waals surface area contributed by atoms with Crippen LogP contribution in [-0.2, 0) is 19.6 Å². The zero-order valence-electron chi connectivity index (χ0n) is 14.7. The number of piperidine rings is 1. The summed E-state index contributed by atoms with van der Waals surface area (Å²) < 4.78 is 30.7. The fraction of sp³-hybridized carbons (Fsp3) is 0.556. The quantitative estimate of drug-likeness (QED) is 0.844. The lowest BCUT2D eigenvalue weighted by molar-refractivity contribution is -0.119. The number of pyridine rings is 1. The lowest BCUT2D eigenvalue weighted by atomic mass is 9.87. The van der Waals surface area contributed by atoms with Crippen molar-refractivity contribution in [2.75, 3.05) is 19.3 Å². The molecule has 8 heteroatoms. The Morgan fingerprint density at radius 3 is 2.46 bits per heavy atom. The van der Waals surface area contributed by atoms with E-state index in [-0.39, 0.29) is 24.2 Å². The molecule has 0 aromatic carbocycles. The maximum absolute atomic E-state index is 13.0. The molecule has 4 rings (SSSR count). The van der Waals surface area contributed by atoms with E-state index in [1.165, 1.54) is 10.6 Å². The number of aromatic nitrogens is 1. The monoisotopic (exact) mass is 377 g/mol. The fourth-order valence-corrected chi connectivity index (χ4v) is 5.02. The van der Waals surface area contributed by atoms with Crippen LogP contribution in [0.2, 0.25) is 0 Å². The second kappa shape index (κ2) is 6.75. The molecular weight excluding hydrogens is 354 g/mol. The van der Waals surface area contributed by atoms with Gasteiger partial charge in [0.05, 0.1) is 24.0 Å². The van der Waals surface area contributed by atoms with Crippen LogP contribution in [0, 0.1) is 0 Å². The Kier molecular flexibility index (Phi) is 4.58. The predicted molar refractivity (Wildman–Crippen MR) is 96.6 cm³/mol. The van der Waals surface area contributed by atoms with Gasteiger partial charge in [0, 0.05) is 31.5 Å². The van der Waals surface area contributed by atoms with Gasteiger partial charge in [-0.25, -0.2) is 12.7 Å². The molecular formula is C18H23N3O4S. The molecule has 4 heterocycles. The maximum Gasteiger partial charge on any atom is 0.250 e. The van der Waals surface area contributed by atoms with E-state index in [0.29, 0.717) is 25.9 Å². The van der Waals surface area contributed by atoms with Crippen LogP contribution in [0.15, 0.2) is 30.1 Å². The number of ether oxygens (including phenoxy) is 1. The largest absolute Gasteiger partial charge is 0.365 e. The molecule has 0 spiro atoms. The van der Waals surface area contributed by atoms with Gasteiger partial charge in [0.1, 0.15) is 0 Å². The highest BCUT2D eigenvalue weighted by molar-refractivity contribution is 7.88. The van der Waals surface area contributed by atoms with Gasteiger partial charge in [-0.05, 0) is 49.0 Å². The Bertz CT molecular complexity index is 829. The Balaban J connectivity index is 1.50. The summed E-state index contributed by atoms with van der Waals surface area (Å²) in [5, 5.41) is 3.10. The molecule has 1 unspecified atom stereocenters. The number of carbonyl (C=O) groups is 1. The van der Waals surface area contributed by atoms with Crippen LogP contribution in [-0.4, -0.2) is 61.2 Å². The summed E-state index contributed by atoms with van der Waals surface area (Å²) in [6.07, 6.45) is 7.59. The van der Waals surface area contributed by atoms with E-state index < -0.39 is 10.0 Å². The third kappa shape index (κ3) is 3.28. The number of amides is 1. The van der Waals surface area contributed by atoms with Crippen molar-refractivity contribution < 1.29 is 17.9 Å². The number of nitrogens with zero attached hydrogens (tertiary/aromatic N) is 2. The van der Waals surface area contributed by atoms with Gasteiger partial charge in [0.15, 0.2) is 0 Å². The van der Waals surface area contributed by atoms with Crippen molar-refractivity contribution in [3.63, 3.8) is 0 Å². The summed E-state index contributed by atoms with van der Waals surface area (Å²) in [7, 11) is -3.16. The summed E-state index contributed by atoms with van der Waals surface area (Å²) in [6.45, 7) is 0.894. The van der Waals surface area contributed by atoms with Crippen molar-refractivity contribution in [3.8, 4) is 0 Å². The first-order valence-electron chi connectivity index (χ1n) is 8.99. The Morgan fingerprint density at radius 2 is 1.81 bits per heavy atom. The van der Waals surface area contributed by atoms with Crippen LogP contribution < -0.4 is 5.32 Å². The molecule has 1 N–H and O–H groups in total. The summed E-state index contributed by atoms with van der Waals surface area (Å²) >= 11 is 0. The Labute approximate surface area is 153 Å². The fourth-order valence-electron chi connectivity index (χ4n) is 4.15. The number of nitrogens with one attached hydrogen (secondary N) is 1. The molecule has 2 atom stereocenters. The minimum absolute atomic E-state index is 0.00850. The van der Waals surface area contributed by atoms with Crippen molar-refractivity contribution >= 4 is 21.5 Å². The molecule has 3 aliphatic rings. The van der Waals surface area contributed by atoms with Gasteiger partial charge in [-0.3, -0.25) is 9.78 Å². The first kappa shape index (κ1) is 17.6. The van der Waals surface area contributed by atoms with Gasteiger partial charge in [-0.2, -0.15) is 0 Å². The molecule has 1 aromatic rings. The summed E-state index contributed by atoms with van der Waals surface area (Å²) in [6, 6.07) is 3.82. The topological polar surface area (TPSA) is 88.6 Å². The second-order valence-corrected chi connectivity index (χ2v) is 9.15. The van der Waals surface area contributed by atoms with Gasteiger partial charge in [0.25, 0.3) is 0 Å². The number of fused-ring (bicyclic) bond motifs is 2. The average Bonchev–Trinajstić information content (AvgIpc) is 3.23. The van der Waals surface area contributed by atoms with Crippen LogP contribution in [0.5, 0.6) is 0 Å². The molecule has 1 aromatic heterocycles. The highest BCUT2D eigenvalue weighted by Gasteiger charge is 2.44. The molecule has 2 bridgehead atoms. The predicted octanol–water partition coefficient (Wildman–Crippen LogP) is 0.937. The van der Waals surface area contributed by atoms with E-state index in [1.54, 1.807) is 12.4 Å². The standard InChI is InChI=1S/C18H23N3O4S/c1-26(23,24)21-10-6-13(7-11-21)20-18(22)17-15-3-2-14(25-15)16(17)12-4-8-19-9-5-12/h4-5,8-9,13-15H,2-3,6-7,10-11H2,1H3,(H,20,22)/t14-,15?/m0/s1. The zero-order valence-corrected chi connectivity index (χ0v) is 15.5. The van der Waals surface area contributed by atoms with Gasteiger partial charge >= 0.3 is 0 Å². The molecule has 0 aliphatic carbocycles. The normalized spacial score (nSPS) is 27.1. The molecule has 2 fully saturated rings. The van der Waals surface area contributed by atoms with Crippen molar-refractivity contribution in [1.29, 1.82) is 0 Å². The van der Waals surface area contributed by atoms with E-state index in [1.807, 2.05) is 12.1 Å². The van der Waals surface area contributed by atoms with Gasteiger partial charge in [0.2, 0.25) is 15.9 Å². The highest BCUT2D eigenvalue weighted by atomic mass is 32.2. The summed E-state index contributed by atoms with van der Waals surface area (Å²) in [5.41, 5.74) is 2.71. The average molecular weight is 377 g/mol. The second-order valence-electron chi connectivity index (χ2n) is 7.16. The molecule has 1 amide bonds. The van der Waals surface area contributed by atoms with E-state index in [0.717, 1.165) is 29.6 Å². The van der Waals surface area contributed by atoms with Gasteiger partial charge < -0.3 is 10.1 Å². The first-order chi connectivity index (χ1) is 12.4. The van der Waals surface area contributed by atoms with E-state index >= 15 is 0 Å². The van der Waals surface area contributed by atoms with Crippen molar-refractivity contribution in [1.82, 2.24) is 14.6 Å². The lowest BCUT2D eigenvalue weighted by Crippen LogP contribution is -2.47. The summed E-state index contributed by atoms with van der Waals surface area (Å²) in [5.74, 6) is -0.0817. The minimum Gasteiger partial charge on any atom is -0.365 e. The molecule has 2 saturated heterocycles. The Hall–Kier alpha value is -1.77. The number of hydrogen-bond donors (Lipinski definition) is 1. The summed E-state index contributed by atoms with van der Waals surface area (Å²) in [4.78, 5) is 17.0. The highest BCUT2D eigenvalue weighted by Crippen LogP contribution is 2.44. The van der Waals surface area contributed by atoms with Crippen LogP contribution in [0.4, 0.5) is 0 Å². The SMILES string of the molecule is CS(=O)(=O)N1CCC(NC(=O)C2=C(c3ccncc3)[C@@H]3CCC2O3)CC1. The zero-order chi connectivity index (χ0) is 18.3. The molecule has 0 radical (unpaired) electrons. The Morgan fingerprint density at radius 1 is 1.15 bits per heavy atom. The number of hydrogen-bond acceptors (Lipinski definition) is 5. The third-order valence-corrected chi connectivity index (χ3v) is 6.75. The van der Waals surface area contributed by atoms with Gasteiger partial charge in [-0.1, -0.05) is 0 Å². The van der Waals surface area contributed by atoms with Crippen molar-refractivity contribution in [3.05, 3.63) is 35.7 Å². The minimum atomic E-state index is -3.16. The van der Waals surface area contributed by atoms with Crippen LogP contribution in [0.3, 0.4) is 0 Å². The maximum atomic E-state index is 13.0. The molecule has 7 nitrogen and oxygen atoms in total. The number of carbonyl (C=O) groups excluding carboxylic acids is 1. The molecule has 0 saturated carbocycles. The van der Waals surface area contributed by atoms with E-state index in [2.05, 4.69) is 10.3 Å². The van der Waals surface area contributed by atoms with E-state index in [9.17, 15) is 13.2 Å². The smallest absolute Gasteiger partial charge is 0.250 e. The third-order valence-electron chi connectivity index (χ3n) is 5.45. The lowest BCUT2D eigenvalue weighted by Gasteiger charge is -2.31. The van der Waals surface area contributed by atoms with Crippen molar-refractivity contribution in [2.45, 2.75) is 43.9 Å². The van der Waals surface area contributed by atoms with E-state index in [4.69, 9.17) is 4.74 Å². The molecule has 140 valence electrons. The van der Waals surface area contributed by atoms with Crippen LogP contribution in [0.25, 0.3) is 5.57 Å². The first-order valence-corrected chi connectivity index (χ1v) is 10.8. The number of rotatable bonds is 4. The van der Waals surface area contributed by atoms with Crippen molar-refractivity contribution in [2.24, 2.45) is 0 Å². The van der Waals surface area contributed by atoms with Crippen LogP contribution >= 0.6 is 0 Å². The van der Waals surface area contributed by atoms with Crippen LogP contribution in [0.1, 0.15) is 31.2 Å². The molecule has 26 heavy (non-hydrogen) atoms. The number of sulfonamides is 1. The molecule has 3 aliphatic heterocycles.